The Balaban J connectivity index is 1.84. The topological polar surface area (TPSA) is 59.3 Å². The third-order valence-corrected chi connectivity index (χ3v) is 3.20. The summed E-state index contributed by atoms with van der Waals surface area (Å²) in [7, 11) is 0. The normalized spacial score (nSPS) is 12.3. The van der Waals surface area contributed by atoms with Gasteiger partial charge in [0.1, 0.15) is 11.6 Å². The number of carbonyl (C=O) groups is 1. The Hall–Kier alpha value is -2.83. The summed E-state index contributed by atoms with van der Waals surface area (Å²) in [5.41, 5.74) is 0.563. The lowest BCUT2D eigenvalue weighted by atomic mass is 10.2. The Labute approximate surface area is 124 Å². The monoisotopic (exact) mass is 302 g/mol. The summed E-state index contributed by atoms with van der Waals surface area (Å²) in [6, 6.07) is 7.62. The molecule has 0 spiro atoms. The van der Waals surface area contributed by atoms with E-state index in [-0.39, 0.29) is 5.56 Å². The molecule has 1 N–H and O–H groups in total. The second-order valence-electron chi connectivity index (χ2n) is 4.84. The van der Waals surface area contributed by atoms with Gasteiger partial charge in [0.25, 0.3) is 5.91 Å². The number of nitrogens with one attached hydrogen (secondary N) is 1. The van der Waals surface area contributed by atoms with Crippen LogP contribution in [-0.2, 0) is 0 Å². The first-order valence-corrected chi connectivity index (χ1v) is 6.61. The highest BCUT2D eigenvalue weighted by Gasteiger charge is 2.17. The van der Waals surface area contributed by atoms with Crippen LogP contribution in [0.3, 0.4) is 0 Å². The Kier molecular flexibility index (Phi) is 3.54. The van der Waals surface area contributed by atoms with Crippen LogP contribution in [0.1, 0.15) is 29.1 Å². The minimum Gasteiger partial charge on any atom is -0.342 e. The van der Waals surface area contributed by atoms with Crippen LogP contribution in [0.4, 0.5) is 8.78 Å². The quantitative estimate of drug-likeness (QED) is 0.808. The average molecular weight is 302 g/mol. The van der Waals surface area contributed by atoms with Crippen molar-refractivity contribution < 1.29 is 13.6 Å². The first kappa shape index (κ1) is 14.1. The van der Waals surface area contributed by atoms with Crippen LogP contribution in [0.5, 0.6) is 0 Å². The molecular formula is C15H12F2N4O. The van der Waals surface area contributed by atoms with E-state index in [1.54, 1.807) is 23.6 Å². The molecule has 2 aromatic heterocycles. The molecule has 3 rings (SSSR count). The molecule has 1 amide bonds. The zero-order valence-electron chi connectivity index (χ0n) is 11.6. The number of rotatable bonds is 3. The van der Waals surface area contributed by atoms with Crippen molar-refractivity contribution >= 4 is 11.6 Å². The lowest BCUT2D eigenvalue weighted by Gasteiger charge is -2.12. The summed E-state index contributed by atoms with van der Waals surface area (Å²) in [4.78, 5) is 12.1. The number of amides is 1. The van der Waals surface area contributed by atoms with E-state index >= 15 is 0 Å². The highest BCUT2D eigenvalue weighted by atomic mass is 19.1. The fourth-order valence-corrected chi connectivity index (χ4v) is 2.18. The van der Waals surface area contributed by atoms with Crippen molar-refractivity contribution in [1.29, 1.82) is 0 Å². The molecule has 22 heavy (non-hydrogen) atoms. The highest BCUT2D eigenvalue weighted by molar-refractivity contribution is 5.94. The molecule has 2 heterocycles. The molecule has 0 aliphatic rings. The molecule has 5 nitrogen and oxygen atoms in total. The van der Waals surface area contributed by atoms with Gasteiger partial charge in [-0.1, -0.05) is 6.07 Å². The van der Waals surface area contributed by atoms with Crippen LogP contribution in [-0.4, -0.2) is 20.5 Å². The second kappa shape index (κ2) is 5.51. The van der Waals surface area contributed by atoms with Crippen LogP contribution < -0.4 is 5.32 Å². The van der Waals surface area contributed by atoms with Crippen molar-refractivity contribution in [1.82, 2.24) is 19.9 Å². The van der Waals surface area contributed by atoms with Gasteiger partial charge in [0.05, 0.1) is 6.04 Å². The van der Waals surface area contributed by atoms with Crippen molar-refractivity contribution in [2.45, 2.75) is 13.0 Å². The number of benzene rings is 1. The van der Waals surface area contributed by atoms with Crippen LogP contribution in [0.2, 0.25) is 0 Å². The summed E-state index contributed by atoms with van der Waals surface area (Å²) < 4.78 is 28.1. The number of hydrogen-bond acceptors (Lipinski definition) is 3. The van der Waals surface area contributed by atoms with Gasteiger partial charge in [0.2, 0.25) is 0 Å². The number of nitrogens with zero attached hydrogens (tertiary/aromatic N) is 3. The molecule has 0 aliphatic carbocycles. The number of aromatic nitrogens is 3. The summed E-state index contributed by atoms with van der Waals surface area (Å²) in [6.07, 6.45) is 1.77. The SMILES string of the molecule is C[C@H](NC(=O)c1cc(F)cc(F)c1)c1nnc2ccccn12. The molecule has 0 saturated carbocycles. The van der Waals surface area contributed by atoms with Crippen LogP contribution in [0.15, 0.2) is 42.6 Å². The predicted molar refractivity (Wildman–Crippen MR) is 75.2 cm³/mol. The van der Waals surface area contributed by atoms with E-state index in [2.05, 4.69) is 15.5 Å². The van der Waals surface area contributed by atoms with E-state index in [1.807, 2.05) is 12.1 Å². The van der Waals surface area contributed by atoms with E-state index in [4.69, 9.17) is 0 Å². The molecule has 0 saturated heterocycles. The lowest BCUT2D eigenvalue weighted by molar-refractivity contribution is 0.0937. The molecule has 0 fully saturated rings. The largest absolute Gasteiger partial charge is 0.342 e. The third-order valence-electron chi connectivity index (χ3n) is 3.20. The summed E-state index contributed by atoms with van der Waals surface area (Å²) in [5.74, 6) is -1.66. The maximum atomic E-state index is 13.2. The van der Waals surface area contributed by atoms with Gasteiger partial charge in [-0.3, -0.25) is 9.20 Å². The molecule has 7 heteroatoms. The number of fused-ring (bicyclic) bond motifs is 1. The van der Waals surface area contributed by atoms with E-state index in [1.165, 1.54) is 0 Å². The van der Waals surface area contributed by atoms with Gasteiger partial charge in [-0.25, -0.2) is 8.78 Å². The first-order valence-electron chi connectivity index (χ1n) is 6.61. The molecule has 0 bridgehead atoms. The molecule has 0 aliphatic heterocycles. The summed E-state index contributed by atoms with van der Waals surface area (Å²) >= 11 is 0. The maximum absolute atomic E-state index is 13.2. The molecule has 0 radical (unpaired) electrons. The smallest absolute Gasteiger partial charge is 0.252 e. The van der Waals surface area contributed by atoms with Gasteiger partial charge in [-0.05, 0) is 31.2 Å². The fourth-order valence-electron chi connectivity index (χ4n) is 2.18. The van der Waals surface area contributed by atoms with Crippen LogP contribution in [0.25, 0.3) is 5.65 Å². The van der Waals surface area contributed by atoms with Gasteiger partial charge < -0.3 is 5.32 Å². The third kappa shape index (κ3) is 2.65. The summed E-state index contributed by atoms with van der Waals surface area (Å²) in [5, 5.41) is 10.7. The zero-order valence-corrected chi connectivity index (χ0v) is 11.6. The lowest BCUT2D eigenvalue weighted by Crippen LogP contribution is -2.28. The predicted octanol–water partition coefficient (Wildman–Crippen LogP) is 2.50. The first-order chi connectivity index (χ1) is 10.5. The second-order valence-corrected chi connectivity index (χ2v) is 4.84. The maximum Gasteiger partial charge on any atom is 0.252 e. The standard InChI is InChI=1S/C15H12F2N4O/c1-9(14-20-19-13-4-2-3-5-21(13)14)18-15(22)10-6-11(16)8-12(17)7-10/h2-9H,1H3,(H,18,22)/t9-/m0/s1. The average Bonchev–Trinajstić information content (AvgIpc) is 2.90. The van der Waals surface area contributed by atoms with Crippen molar-refractivity contribution in [2.75, 3.05) is 0 Å². The molecule has 1 atom stereocenters. The molecule has 112 valence electrons. The fraction of sp³-hybridized carbons (Fsp3) is 0.133. The molecule has 0 unspecified atom stereocenters. The Bertz CT molecular complexity index is 826. The van der Waals surface area contributed by atoms with Crippen LogP contribution >= 0.6 is 0 Å². The van der Waals surface area contributed by atoms with E-state index in [0.29, 0.717) is 17.5 Å². The van der Waals surface area contributed by atoms with Gasteiger partial charge in [-0.2, -0.15) is 0 Å². The van der Waals surface area contributed by atoms with Crippen molar-refractivity contribution in [3.8, 4) is 0 Å². The number of hydrogen-bond donors (Lipinski definition) is 1. The molecule has 1 aromatic carbocycles. The van der Waals surface area contributed by atoms with Gasteiger partial charge in [-0.15, -0.1) is 10.2 Å². The van der Waals surface area contributed by atoms with E-state index < -0.39 is 23.6 Å². The van der Waals surface area contributed by atoms with Gasteiger partial charge in [0.15, 0.2) is 11.5 Å². The van der Waals surface area contributed by atoms with Gasteiger partial charge >= 0.3 is 0 Å². The van der Waals surface area contributed by atoms with Crippen molar-refractivity contribution in [3.63, 3.8) is 0 Å². The Morgan fingerprint density at radius 1 is 1.18 bits per heavy atom. The van der Waals surface area contributed by atoms with E-state index in [0.717, 1.165) is 12.1 Å². The number of carbonyl (C=O) groups excluding carboxylic acids is 1. The minimum absolute atomic E-state index is 0.0850. The van der Waals surface area contributed by atoms with E-state index in [9.17, 15) is 13.6 Å². The summed E-state index contributed by atoms with van der Waals surface area (Å²) in [6.45, 7) is 1.72. The number of halogens is 2. The Morgan fingerprint density at radius 2 is 1.91 bits per heavy atom. The van der Waals surface area contributed by atoms with Gasteiger partial charge in [0, 0.05) is 17.8 Å². The Morgan fingerprint density at radius 3 is 2.64 bits per heavy atom. The van der Waals surface area contributed by atoms with Crippen LogP contribution in [0, 0.1) is 11.6 Å². The number of pyridine rings is 1. The van der Waals surface area contributed by atoms with Crippen molar-refractivity contribution in [3.05, 3.63) is 65.6 Å². The van der Waals surface area contributed by atoms with Crippen molar-refractivity contribution in [2.24, 2.45) is 0 Å². The zero-order chi connectivity index (χ0) is 15.7. The molecular weight excluding hydrogens is 290 g/mol. The highest BCUT2D eigenvalue weighted by Crippen LogP contribution is 2.14. The molecule has 3 aromatic rings. The minimum atomic E-state index is -0.800.